The number of rotatable bonds is 6. The Morgan fingerprint density at radius 1 is 1.31 bits per heavy atom. The maximum absolute atomic E-state index is 11.0. The third kappa shape index (κ3) is 4.10. The molecule has 16 heavy (non-hydrogen) atoms. The molecule has 1 saturated heterocycles. The molecule has 2 N–H and O–H groups in total. The molecule has 0 spiro atoms. The molecule has 0 aliphatic carbocycles. The van der Waals surface area contributed by atoms with Gasteiger partial charge in [-0.3, -0.25) is 4.79 Å². The fourth-order valence-corrected chi connectivity index (χ4v) is 2.26. The van der Waals surface area contributed by atoms with Crippen molar-refractivity contribution in [2.75, 3.05) is 19.6 Å². The minimum atomic E-state index is -0.747. The summed E-state index contributed by atoms with van der Waals surface area (Å²) in [6.45, 7) is 9.22. The van der Waals surface area contributed by atoms with E-state index in [0.29, 0.717) is 0 Å². The fourth-order valence-electron chi connectivity index (χ4n) is 2.26. The summed E-state index contributed by atoms with van der Waals surface area (Å²) in [5, 5.41) is 12.3. The van der Waals surface area contributed by atoms with Crippen LogP contribution in [0.5, 0.6) is 0 Å². The summed E-state index contributed by atoms with van der Waals surface area (Å²) in [6, 6.07) is -0.195. The van der Waals surface area contributed by atoms with Crippen LogP contribution in [0.1, 0.15) is 33.6 Å². The lowest BCUT2D eigenvalue weighted by molar-refractivity contribution is -0.140. The molecule has 0 saturated carbocycles. The van der Waals surface area contributed by atoms with Crippen LogP contribution in [0.2, 0.25) is 0 Å². The lowest BCUT2D eigenvalue weighted by Gasteiger charge is -2.26. The molecule has 1 aliphatic heterocycles. The average Bonchev–Trinajstić information content (AvgIpc) is 2.65. The van der Waals surface area contributed by atoms with Gasteiger partial charge in [-0.05, 0) is 38.8 Å². The molecule has 1 rings (SSSR count). The minimum absolute atomic E-state index is 0.124. The van der Waals surface area contributed by atoms with Gasteiger partial charge in [0.2, 0.25) is 0 Å². The number of carboxylic acid groups (broad SMARTS) is 1. The first-order valence-corrected chi connectivity index (χ1v) is 6.22. The van der Waals surface area contributed by atoms with Gasteiger partial charge in [-0.2, -0.15) is 0 Å². The Kier molecular flexibility index (Phi) is 5.22. The first-order valence-electron chi connectivity index (χ1n) is 6.22. The first-order chi connectivity index (χ1) is 7.50. The summed E-state index contributed by atoms with van der Waals surface area (Å²) in [6.07, 6.45) is 2.55. The topological polar surface area (TPSA) is 52.6 Å². The normalized spacial score (nSPS) is 21.2. The van der Waals surface area contributed by atoms with Crippen molar-refractivity contribution < 1.29 is 9.90 Å². The number of nitrogens with one attached hydrogen (secondary N) is 1. The van der Waals surface area contributed by atoms with Gasteiger partial charge in [0.1, 0.15) is 6.04 Å². The second-order valence-corrected chi connectivity index (χ2v) is 5.14. The molecule has 1 fully saturated rings. The highest BCUT2D eigenvalue weighted by Crippen LogP contribution is 2.09. The van der Waals surface area contributed by atoms with Crippen molar-refractivity contribution in [2.24, 2.45) is 5.92 Å². The van der Waals surface area contributed by atoms with Gasteiger partial charge < -0.3 is 15.3 Å². The van der Waals surface area contributed by atoms with Gasteiger partial charge in [0.05, 0.1) is 0 Å². The van der Waals surface area contributed by atoms with Crippen molar-refractivity contribution in [2.45, 2.75) is 45.7 Å². The standard InChI is InChI=1S/C12H24N2O2/c1-9(2)11(12(15)16)13-10(3)8-14-6-4-5-7-14/h9-11,13H,4-8H2,1-3H3,(H,15,16). The molecule has 2 unspecified atom stereocenters. The molecule has 0 bridgehead atoms. The summed E-state index contributed by atoms with van der Waals surface area (Å²) in [4.78, 5) is 13.4. The molecule has 0 radical (unpaired) electrons. The second kappa shape index (κ2) is 6.21. The van der Waals surface area contributed by atoms with Crippen LogP contribution in [0, 0.1) is 5.92 Å². The summed E-state index contributed by atoms with van der Waals surface area (Å²) in [5.41, 5.74) is 0. The summed E-state index contributed by atoms with van der Waals surface area (Å²) >= 11 is 0. The molecule has 1 heterocycles. The van der Waals surface area contributed by atoms with Crippen molar-refractivity contribution in [3.05, 3.63) is 0 Å². The van der Waals surface area contributed by atoms with Gasteiger partial charge in [0.15, 0.2) is 0 Å². The Hall–Kier alpha value is -0.610. The quantitative estimate of drug-likeness (QED) is 0.716. The number of carboxylic acids is 1. The number of hydrogen-bond donors (Lipinski definition) is 2. The number of hydrogen-bond acceptors (Lipinski definition) is 3. The van der Waals surface area contributed by atoms with Crippen LogP contribution in [0.3, 0.4) is 0 Å². The Morgan fingerprint density at radius 2 is 1.88 bits per heavy atom. The minimum Gasteiger partial charge on any atom is -0.480 e. The van der Waals surface area contributed by atoms with Gasteiger partial charge in [-0.25, -0.2) is 0 Å². The molecule has 0 aromatic rings. The Balaban J connectivity index is 2.35. The number of nitrogens with zero attached hydrogens (tertiary/aromatic N) is 1. The van der Waals surface area contributed by atoms with Crippen LogP contribution in [-0.2, 0) is 4.79 Å². The Morgan fingerprint density at radius 3 is 2.31 bits per heavy atom. The van der Waals surface area contributed by atoms with Gasteiger partial charge in [0, 0.05) is 12.6 Å². The van der Waals surface area contributed by atoms with Gasteiger partial charge in [0.25, 0.3) is 0 Å². The van der Waals surface area contributed by atoms with Crippen LogP contribution in [0.15, 0.2) is 0 Å². The third-order valence-corrected chi connectivity index (χ3v) is 3.13. The summed E-state index contributed by atoms with van der Waals surface area (Å²) in [7, 11) is 0. The van der Waals surface area contributed by atoms with Crippen LogP contribution in [0.4, 0.5) is 0 Å². The highest BCUT2D eigenvalue weighted by Gasteiger charge is 2.24. The molecular formula is C12H24N2O2. The smallest absolute Gasteiger partial charge is 0.320 e. The molecule has 1 aliphatic rings. The van der Waals surface area contributed by atoms with Gasteiger partial charge in [-0.15, -0.1) is 0 Å². The van der Waals surface area contributed by atoms with Crippen molar-refractivity contribution >= 4 is 5.97 Å². The highest BCUT2D eigenvalue weighted by molar-refractivity contribution is 5.73. The van der Waals surface area contributed by atoms with Crippen molar-refractivity contribution in [3.63, 3.8) is 0 Å². The highest BCUT2D eigenvalue weighted by atomic mass is 16.4. The predicted molar refractivity (Wildman–Crippen MR) is 64.5 cm³/mol. The monoisotopic (exact) mass is 228 g/mol. The average molecular weight is 228 g/mol. The molecule has 4 heteroatoms. The predicted octanol–water partition coefficient (Wildman–Crippen LogP) is 1.17. The first kappa shape index (κ1) is 13.5. The number of likely N-dealkylation sites (tertiary alicyclic amines) is 1. The van der Waals surface area contributed by atoms with E-state index < -0.39 is 12.0 Å². The van der Waals surface area contributed by atoms with E-state index in [1.165, 1.54) is 12.8 Å². The molecule has 0 amide bonds. The van der Waals surface area contributed by atoms with E-state index in [9.17, 15) is 4.79 Å². The molecule has 2 atom stereocenters. The van der Waals surface area contributed by atoms with E-state index in [0.717, 1.165) is 19.6 Å². The van der Waals surface area contributed by atoms with Gasteiger partial charge in [-0.1, -0.05) is 13.8 Å². The number of carbonyl (C=O) groups is 1. The summed E-state index contributed by atoms with van der Waals surface area (Å²) < 4.78 is 0. The maximum Gasteiger partial charge on any atom is 0.320 e. The lowest BCUT2D eigenvalue weighted by atomic mass is 10.0. The van der Waals surface area contributed by atoms with E-state index in [-0.39, 0.29) is 12.0 Å². The second-order valence-electron chi connectivity index (χ2n) is 5.14. The van der Waals surface area contributed by atoms with E-state index in [2.05, 4.69) is 17.1 Å². The zero-order valence-corrected chi connectivity index (χ0v) is 10.6. The maximum atomic E-state index is 11.0. The Bertz CT molecular complexity index is 225. The van der Waals surface area contributed by atoms with Crippen molar-refractivity contribution in [1.82, 2.24) is 10.2 Å². The molecule has 4 nitrogen and oxygen atoms in total. The lowest BCUT2D eigenvalue weighted by Crippen LogP contribution is -2.49. The van der Waals surface area contributed by atoms with Crippen LogP contribution in [-0.4, -0.2) is 47.7 Å². The zero-order valence-electron chi connectivity index (χ0n) is 10.6. The van der Waals surface area contributed by atoms with Crippen LogP contribution < -0.4 is 5.32 Å². The SMILES string of the molecule is CC(CN1CCCC1)NC(C(=O)O)C(C)C. The van der Waals surface area contributed by atoms with Gasteiger partial charge >= 0.3 is 5.97 Å². The van der Waals surface area contributed by atoms with E-state index in [4.69, 9.17) is 5.11 Å². The van der Waals surface area contributed by atoms with E-state index in [1.807, 2.05) is 13.8 Å². The molecule has 0 aromatic carbocycles. The largest absolute Gasteiger partial charge is 0.480 e. The third-order valence-electron chi connectivity index (χ3n) is 3.13. The van der Waals surface area contributed by atoms with Crippen molar-refractivity contribution in [1.29, 1.82) is 0 Å². The molecule has 0 aromatic heterocycles. The van der Waals surface area contributed by atoms with Crippen molar-refractivity contribution in [3.8, 4) is 0 Å². The zero-order chi connectivity index (χ0) is 12.1. The summed E-state index contributed by atoms with van der Waals surface area (Å²) in [5.74, 6) is -0.623. The molecular weight excluding hydrogens is 204 g/mol. The molecule has 94 valence electrons. The van der Waals surface area contributed by atoms with Crippen LogP contribution >= 0.6 is 0 Å². The van der Waals surface area contributed by atoms with E-state index in [1.54, 1.807) is 0 Å². The Labute approximate surface area is 98.0 Å². The number of aliphatic carboxylic acids is 1. The van der Waals surface area contributed by atoms with E-state index >= 15 is 0 Å². The van der Waals surface area contributed by atoms with Crippen LogP contribution in [0.25, 0.3) is 0 Å². The fraction of sp³-hybridized carbons (Fsp3) is 0.917.